The number of benzene rings is 1. The number of hydrogen-bond acceptors (Lipinski definition) is 5. The van der Waals surface area contributed by atoms with E-state index in [9.17, 15) is 4.79 Å². The van der Waals surface area contributed by atoms with Gasteiger partial charge in [0, 0.05) is 28.0 Å². The standard InChI is InChI=1S/C15H16BrN3O2S/c1-9-13(10-2-4-11(16)5-3-10)18-15(22-9)19-14(20)12-8-17-6-7-21-12/h2-5,12,17H,6-8H2,1H3,(H,18,19,20)/t12-/m1/s1. The molecule has 0 spiro atoms. The van der Waals surface area contributed by atoms with Gasteiger partial charge in [0.1, 0.15) is 6.10 Å². The lowest BCUT2D eigenvalue weighted by molar-refractivity contribution is -0.128. The van der Waals surface area contributed by atoms with Crippen molar-refractivity contribution in [1.29, 1.82) is 0 Å². The van der Waals surface area contributed by atoms with Crippen LogP contribution in [-0.2, 0) is 9.53 Å². The second kappa shape index (κ2) is 6.87. The van der Waals surface area contributed by atoms with Gasteiger partial charge >= 0.3 is 0 Å². The van der Waals surface area contributed by atoms with Gasteiger partial charge in [0.05, 0.1) is 12.3 Å². The maximum absolute atomic E-state index is 12.2. The van der Waals surface area contributed by atoms with Crippen molar-refractivity contribution in [1.82, 2.24) is 10.3 Å². The van der Waals surface area contributed by atoms with E-state index in [0.29, 0.717) is 18.3 Å². The quantitative estimate of drug-likeness (QED) is 0.857. The SMILES string of the molecule is Cc1sc(NC(=O)[C@H]2CNCCO2)nc1-c1ccc(Br)cc1. The number of ether oxygens (including phenoxy) is 1. The van der Waals surface area contributed by atoms with E-state index in [4.69, 9.17) is 4.74 Å². The maximum atomic E-state index is 12.2. The first-order valence-electron chi connectivity index (χ1n) is 7.00. The third-order valence-electron chi connectivity index (χ3n) is 3.36. The topological polar surface area (TPSA) is 63.2 Å². The van der Waals surface area contributed by atoms with Crippen LogP contribution in [0.3, 0.4) is 0 Å². The minimum Gasteiger partial charge on any atom is -0.366 e. The number of rotatable bonds is 3. The molecule has 3 rings (SSSR count). The first-order valence-corrected chi connectivity index (χ1v) is 8.61. The highest BCUT2D eigenvalue weighted by molar-refractivity contribution is 9.10. The molecule has 1 aromatic heterocycles. The van der Waals surface area contributed by atoms with Crippen LogP contribution in [0.25, 0.3) is 11.3 Å². The summed E-state index contributed by atoms with van der Waals surface area (Å²) < 4.78 is 6.47. The second-order valence-electron chi connectivity index (χ2n) is 4.98. The Morgan fingerprint density at radius 2 is 2.23 bits per heavy atom. The molecule has 1 saturated heterocycles. The predicted octanol–water partition coefficient (Wildman–Crippen LogP) is 2.81. The van der Waals surface area contributed by atoms with Crippen LogP contribution in [0.15, 0.2) is 28.7 Å². The number of morpholine rings is 1. The number of carbonyl (C=O) groups is 1. The van der Waals surface area contributed by atoms with Crippen molar-refractivity contribution in [3.05, 3.63) is 33.6 Å². The Balaban J connectivity index is 1.74. The minimum absolute atomic E-state index is 0.150. The lowest BCUT2D eigenvalue weighted by Gasteiger charge is -2.22. The third-order valence-corrected chi connectivity index (χ3v) is 4.78. The van der Waals surface area contributed by atoms with Crippen LogP contribution in [0, 0.1) is 6.92 Å². The molecule has 1 aliphatic heterocycles. The van der Waals surface area contributed by atoms with Crippen LogP contribution >= 0.6 is 27.3 Å². The molecule has 0 unspecified atom stereocenters. The zero-order valence-corrected chi connectivity index (χ0v) is 14.5. The summed E-state index contributed by atoms with van der Waals surface area (Å²) in [6, 6.07) is 7.97. The van der Waals surface area contributed by atoms with Gasteiger partial charge in [-0.05, 0) is 19.1 Å². The van der Waals surface area contributed by atoms with Gasteiger partial charge in [-0.15, -0.1) is 11.3 Å². The predicted molar refractivity (Wildman–Crippen MR) is 91.2 cm³/mol. The minimum atomic E-state index is -0.450. The van der Waals surface area contributed by atoms with E-state index in [-0.39, 0.29) is 5.91 Å². The summed E-state index contributed by atoms with van der Waals surface area (Å²) in [5.41, 5.74) is 1.93. The summed E-state index contributed by atoms with van der Waals surface area (Å²) in [4.78, 5) is 17.8. The molecule has 1 amide bonds. The molecule has 1 aromatic carbocycles. The Kier molecular flexibility index (Phi) is 4.87. The Morgan fingerprint density at radius 3 is 2.91 bits per heavy atom. The fourth-order valence-corrected chi connectivity index (χ4v) is 3.35. The molecular formula is C15H16BrN3O2S. The number of anilines is 1. The van der Waals surface area contributed by atoms with Gasteiger partial charge in [0.15, 0.2) is 5.13 Å². The molecule has 1 aliphatic rings. The van der Waals surface area contributed by atoms with E-state index in [0.717, 1.165) is 27.2 Å². The lowest BCUT2D eigenvalue weighted by atomic mass is 10.1. The second-order valence-corrected chi connectivity index (χ2v) is 7.10. The summed E-state index contributed by atoms with van der Waals surface area (Å²) >= 11 is 4.90. The number of nitrogens with zero attached hydrogens (tertiary/aromatic N) is 1. The molecule has 0 aliphatic carbocycles. The van der Waals surface area contributed by atoms with Gasteiger partial charge in [-0.3, -0.25) is 10.1 Å². The Hall–Kier alpha value is -1.28. The van der Waals surface area contributed by atoms with Crippen LogP contribution < -0.4 is 10.6 Å². The average molecular weight is 382 g/mol. The van der Waals surface area contributed by atoms with Crippen molar-refractivity contribution < 1.29 is 9.53 Å². The summed E-state index contributed by atoms with van der Waals surface area (Å²) in [5, 5.41) is 6.60. The van der Waals surface area contributed by atoms with Gasteiger partial charge < -0.3 is 10.1 Å². The van der Waals surface area contributed by atoms with Gasteiger partial charge in [-0.1, -0.05) is 28.1 Å². The van der Waals surface area contributed by atoms with E-state index in [2.05, 4.69) is 31.5 Å². The number of carbonyl (C=O) groups excluding carboxylic acids is 1. The zero-order chi connectivity index (χ0) is 15.5. The number of aryl methyl sites for hydroxylation is 1. The summed E-state index contributed by atoms with van der Waals surface area (Å²) in [5.74, 6) is -0.150. The normalized spacial score (nSPS) is 18.2. The summed E-state index contributed by atoms with van der Waals surface area (Å²) in [7, 11) is 0. The van der Waals surface area contributed by atoms with Crippen LogP contribution in [0.5, 0.6) is 0 Å². The van der Waals surface area contributed by atoms with E-state index < -0.39 is 6.10 Å². The summed E-state index contributed by atoms with van der Waals surface area (Å²) in [6.45, 7) is 3.88. The smallest absolute Gasteiger partial charge is 0.256 e. The molecule has 5 nitrogen and oxygen atoms in total. The van der Waals surface area contributed by atoms with E-state index >= 15 is 0 Å². The van der Waals surface area contributed by atoms with Crippen molar-refractivity contribution in [2.45, 2.75) is 13.0 Å². The van der Waals surface area contributed by atoms with Crippen molar-refractivity contribution in [2.24, 2.45) is 0 Å². The van der Waals surface area contributed by atoms with Crippen molar-refractivity contribution in [3.63, 3.8) is 0 Å². The Bertz CT molecular complexity index is 666. The van der Waals surface area contributed by atoms with Crippen LogP contribution in [0.4, 0.5) is 5.13 Å². The molecular weight excluding hydrogens is 366 g/mol. The average Bonchev–Trinajstić information content (AvgIpc) is 2.89. The Morgan fingerprint density at radius 1 is 1.45 bits per heavy atom. The highest BCUT2D eigenvalue weighted by Crippen LogP contribution is 2.31. The molecule has 7 heteroatoms. The molecule has 0 saturated carbocycles. The van der Waals surface area contributed by atoms with Gasteiger partial charge in [0.2, 0.25) is 0 Å². The third kappa shape index (κ3) is 3.55. The molecule has 0 bridgehead atoms. The summed E-state index contributed by atoms with van der Waals surface area (Å²) in [6.07, 6.45) is -0.450. The number of aromatic nitrogens is 1. The largest absolute Gasteiger partial charge is 0.366 e. The van der Waals surface area contributed by atoms with Crippen molar-refractivity contribution in [3.8, 4) is 11.3 Å². The Labute approximate surface area is 141 Å². The number of nitrogens with one attached hydrogen (secondary N) is 2. The fraction of sp³-hybridized carbons (Fsp3) is 0.333. The first-order chi connectivity index (χ1) is 10.6. The molecule has 116 valence electrons. The van der Waals surface area contributed by atoms with Crippen LogP contribution in [-0.4, -0.2) is 36.7 Å². The van der Waals surface area contributed by atoms with E-state index in [1.165, 1.54) is 11.3 Å². The van der Waals surface area contributed by atoms with Gasteiger partial charge in [-0.2, -0.15) is 0 Å². The monoisotopic (exact) mass is 381 g/mol. The van der Waals surface area contributed by atoms with Crippen molar-refractivity contribution >= 4 is 38.3 Å². The molecule has 0 radical (unpaired) electrons. The van der Waals surface area contributed by atoms with E-state index in [1.54, 1.807) is 0 Å². The molecule has 2 heterocycles. The van der Waals surface area contributed by atoms with E-state index in [1.807, 2.05) is 31.2 Å². The molecule has 1 atom stereocenters. The number of halogens is 1. The molecule has 2 N–H and O–H groups in total. The maximum Gasteiger partial charge on any atom is 0.256 e. The van der Waals surface area contributed by atoms with Crippen molar-refractivity contribution in [2.75, 3.05) is 25.0 Å². The van der Waals surface area contributed by atoms with Gasteiger partial charge in [0.25, 0.3) is 5.91 Å². The molecule has 22 heavy (non-hydrogen) atoms. The fourth-order valence-electron chi connectivity index (χ4n) is 2.25. The van der Waals surface area contributed by atoms with Crippen LogP contribution in [0.1, 0.15) is 4.88 Å². The molecule has 1 fully saturated rings. The number of thiazole rings is 1. The van der Waals surface area contributed by atoms with Gasteiger partial charge in [-0.25, -0.2) is 4.98 Å². The highest BCUT2D eigenvalue weighted by atomic mass is 79.9. The lowest BCUT2D eigenvalue weighted by Crippen LogP contribution is -2.45. The molecule has 2 aromatic rings. The highest BCUT2D eigenvalue weighted by Gasteiger charge is 2.23. The first kappa shape index (κ1) is 15.6. The number of hydrogen-bond donors (Lipinski definition) is 2. The zero-order valence-electron chi connectivity index (χ0n) is 12.1. The van der Waals surface area contributed by atoms with Crippen LogP contribution in [0.2, 0.25) is 0 Å². The number of amides is 1.